The lowest BCUT2D eigenvalue weighted by molar-refractivity contribution is 0.0691. The molecule has 0 unspecified atom stereocenters. The van der Waals surface area contributed by atoms with Gasteiger partial charge in [0.05, 0.1) is 12.4 Å². The van der Waals surface area contributed by atoms with E-state index in [1.165, 1.54) is 6.07 Å². The molecule has 0 aliphatic heterocycles. The zero-order chi connectivity index (χ0) is 13.8. The van der Waals surface area contributed by atoms with Gasteiger partial charge in [-0.25, -0.2) is 17.6 Å². The third-order valence-corrected chi connectivity index (χ3v) is 3.12. The molecule has 0 spiro atoms. The molecule has 0 heterocycles. The highest BCUT2D eigenvalue weighted by atomic mass is 32.2. The maximum atomic E-state index is 12.9. The highest BCUT2D eigenvalue weighted by Gasteiger charge is 2.12. The smallest absolute Gasteiger partial charge is 0.339 e. The topological polar surface area (TPSA) is 80.7 Å². The van der Waals surface area contributed by atoms with Gasteiger partial charge in [0.25, 0.3) is 0 Å². The Balaban J connectivity index is 2.65. The molecule has 0 aliphatic rings. The SMILES string of the molecule is CS(=O)(=O)CCCOc1ccc(F)cc1C(=O)O. The standard InChI is InChI=1S/C11H13FO5S/c1-18(15,16)6-2-5-17-10-4-3-8(12)7-9(10)11(13)14/h3-4,7H,2,5-6H2,1H3,(H,13,14). The van der Waals surface area contributed by atoms with E-state index in [4.69, 9.17) is 9.84 Å². The Labute approximate surface area is 104 Å². The van der Waals surface area contributed by atoms with Gasteiger partial charge in [-0.1, -0.05) is 0 Å². The van der Waals surface area contributed by atoms with Gasteiger partial charge in [0, 0.05) is 6.26 Å². The molecule has 100 valence electrons. The van der Waals surface area contributed by atoms with Crippen LogP contribution in [0.15, 0.2) is 18.2 Å². The van der Waals surface area contributed by atoms with Crippen molar-refractivity contribution in [2.75, 3.05) is 18.6 Å². The fraction of sp³-hybridized carbons (Fsp3) is 0.364. The molecular weight excluding hydrogens is 263 g/mol. The monoisotopic (exact) mass is 276 g/mol. The summed E-state index contributed by atoms with van der Waals surface area (Å²) in [6.45, 7) is 0.0545. The first-order valence-electron chi connectivity index (χ1n) is 5.13. The summed E-state index contributed by atoms with van der Waals surface area (Å²) < 4.78 is 39.7. The molecule has 1 aromatic rings. The largest absolute Gasteiger partial charge is 0.493 e. The first-order chi connectivity index (χ1) is 8.29. The molecule has 18 heavy (non-hydrogen) atoms. The highest BCUT2D eigenvalue weighted by Crippen LogP contribution is 2.19. The lowest BCUT2D eigenvalue weighted by Gasteiger charge is -2.08. The van der Waals surface area contributed by atoms with Crippen molar-refractivity contribution in [1.82, 2.24) is 0 Å². The van der Waals surface area contributed by atoms with Gasteiger partial charge < -0.3 is 9.84 Å². The molecule has 0 atom stereocenters. The van der Waals surface area contributed by atoms with Crippen LogP contribution in [-0.4, -0.2) is 38.1 Å². The second kappa shape index (κ2) is 5.81. The van der Waals surface area contributed by atoms with Gasteiger partial charge in [0.2, 0.25) is 0 Å². The van der Waals surface area contributed by atoms with Crippen molar-refractivity contribution < 1.29 is 27.4 Å². The second-order valence-corrected chi connectivity index (χ2v) is 6.04. The van der Waals surface area contributed by atoms with Crippen LogP contribution in [0.1, 0.15) is 16.8 Å². The molecule has 0 aromatic heterocycles. The van der Waals surface area contributed by atoms with Gasteiger partial charge in [-0.15, -0.1) is 0 Å². The average Bonchev–Trinajstić information content (AvgIpc) is 2.24. The van der Waals surface area contributed by atoms with Gasteiger partial charge in [-0.3, -0.25) is 0 Å². The van der Waals surface area contributed by atoms with Crippen molar-refractivity contribution >= 4 is 15.8 Å². The first-order valence-corrected chi connectivity index (χ1v) is 7.19. The summed E-state index contributed by atoms with van der Waals surface area (Å²) in [6.07, 6.45) is 1.35. The van der Waals surface area contributed by atoms with Gasteiger partial charge in [-0.2, -0.15) is 0 Å². The van der Waals surface area contributed by atoms with E-state index in [0.29, 0.717) is 0 Å². The molecule has 0 radical (unpaired) electrons. The third-order valence-electron chi connectivity index (χ3n) is 2.09. The van der Waals surface area contributed by atoms with E-state index in [2.05, 4.69) is 0 Å². The van der Waals surface area contributed by atoms with E-state index in [-0.39, 0.29) is 30.1 Å². The lowest BCUT2D eigenvalue weighted by Crippen LogP contribution is -2.10. The predicted molar refractivity (Wildman–Crippen MR) is 63.2 cm³/mol. The molecule has 7 heteroatoms. The van der Waals surface area contributed by atoms with E-state index in [0.717, 1.165) is 18.4 Å². The summed E-state index contributed by atoms with van der Waals surface area (Å²) in [4.78, 5) is 10.8. The van der Waals surface area contributed by atoms with Crippen LogP contribution >= 0.6 is 0 Å². The van der Waals surface area contributed by atoms with E-state index in [1.807, 2.05) is 0 Å². The summed E-state index contributed by atoms with van der Waals surface area (Å²) in [5, 5.41) is 8.83. The number of sulfone groups is 1. The normalized spacial score (nSPS) is 11.2. The van der Waals surface area contributed by atoms with E-state index < -0.39 is 21.6 Å². The molecular formula is C11H13FO5S. The van der Waals surface area contributed by atoms with Crippen molar-refractivity contribution in [3.63, 3.8) is 0 Å². The van der Waals surface area contributed by atoms with Crippen molar-refractivity contribution in [3.05, 3.63) is 29.6 Å². The Bertz CT molecular complexity index is 538. The first kappa shape index (κ1) is 14.4. The number of aromatic carboxylic acids is 1. The van der Waals surface area contributed by atoms with Crippen LogP contribution in [0.4, 0.5) is 4.39 Å². The molecule has 0 aliphatic carbocycles. The van der Waals surface area contributed by atoms with Crippen molar-refractivity contribution in [3.8, 4) is 5.75 Å². The number of rotatable bonds is 6. The molecule has 0 saturated heterocycles. The molecule has 1 N–H and O–H groups in total. The fourth-order valence-electron chi connectivity index (χ4n) is 1.30. The Morgan fingerprint density at radius 1 is 1.44 bits per heavy atom. The molecule has 0 fully saturated rings. The molecule has 1 aromatic carbocycles. The Kier molecular flexibility index (Phi) is 4.66. The molecule has 1 rings (SSSR count). The maximum Gasteiger partial charge on any atom is 0.339 e. The van der Waals surface area contributed by atoms with E-state index in [9.17, 15) is 17.6 Å². The van der Waals surface area contributed by atoms with Crippen LogP contribution in [0.5, 0.6) is 5.75 Å². The highest BCUT2D eigenvalue weighted by molar-refractivity contribution is 7.90. The van der Waals surface area contributed by atoms with Crippen molar-refractivity contribution in [2.45, 2.75) is 6.42 Å². The number of ether oxygens (including phenoxy) is 1. The number of hydrogen-bond donors (Lipinski definition) is 1. The minimum absolute atomic E-state index is 0.0254. The van der Waals surface area contributed by atoms with Crippen molar-refractivity contribution in [1.29, 1.82) is 0 Å². The van der Waals surface area contributed by atoms with Gasteiger partial charge >= 0.3 is 5.97 Å². The number of carboxylic acid groups (broad SMARTS) is 1. The molecule has 5 nitrogen and oxygen atoms in total. The third kappa shape index (κ3) is 4.70. The Morgan fingerprint density at radius 3 is 2.67 bits per heavy atom. The zero-order valence-electron chi connectivity index (χ0n) is 9.72. The van der Waals surface area contributed by atoms with E-state index in [1.54, 1.807) is 0 Å². The van der Waals surface area contributed by atoms with Crippen LogP contribution in [0.3, 0.4) is 0 Å². The minimum Gasteiger partial charge on any atom is -0.493 e. The van der Waals surface area contributed by atoms with Gasteiger partial charge in [0.15, 0.2) is 0 Å². The van der Waals surface area contributed by atoms with Crippen LogP contribution in [-0.2, 0) is 9.84 Å². The fourth-order valence-corrected chi connectivity index (χ4v) is 1.94. The van der Waals surface area contributed by atoms with Crippen molar-refractivity contribution in [2.24, 2.45) is 0 Å². The lowest BCUT2D eigenvalue weighted by atomic mass is 10.2. The summed E-state index contributed by atoms with van der Waals surface area (Å²) in [7, 11) is -3.07. The average molecular weight is 276 g/mol. The maximum absolute atomic E-state index is 12.9. The van der Waals surface area contributed by atoms with Crippen LogP contribution < -0.4 is 4.74 Å². The Morgan fingerprint density at radius 2 is 2.11 bits per heavy atom. The summed E-state index contributed by atoms with van der Waals surface area (Å²) >= 11 is 0. The number of carboxylic acids is 1. The van der Waals surface area contributed by atoms with Crippen LogP contribution in [0, 0.1) is 5.82 Å². The zero-order valence-corrected chi connectivity index (χ0v) is 10.5. The van der Waals surface area contributed by atoms with Gasteiger partial charge in [-0.05, 0) is 24.6 Å². The molecule has 0 saturated carbocycles. The summed E-state index contributed by atoms with van der Waals surface area (Å²) in [5.74, 6) is -1.99. The van der Waals surface area contributed by atoms with Crippen LogP contribution in [0.25, 0.3) is 0 Å². The molecule has 0 bridgehead atoms. The quantitative estimate of drug-likeness (QED) is 0.793. The van der Waals surface area contributed by atoms with Crippen LogP contribution in [0.2, 0.25) is 0 Å². The number of halogens is 1. The van der Waals surface area contributed by atoms with E-state index >= 15 is 0 Å². The number of carbonyl (C=O) groups is 1. The molecule has 0 amide bonds. The second-order valence-electron chi connectivity index (χ2n) is 3.78. The number of hydrogen-bond acceptors (Lipinski definition) is 4. The summed E-state index contributed by atoms with van der Waals surface area (Å²) in [5.41, 5.74) is -0.283. The number of benzene rings is 1. The Hall–Kier alpha value is -1.63. The summed E-state index contributed by atoms with van der Waals surface area (Å²) in [6, 6.07) is 3.14. The minimum atomic E-state index is -3.07. The van der Waals surface area contributed by atoms with Gasteiger partial charge in [0.1, 0.15) is 27.0 Å². The predicted octanol–water partition coefficient (Wildman–Crippen LogP) is 1.34.